The maximum atomic E-state index is 11.9. The van der Waals surface area contributed by atoms with Crippen LogP contribution in [0.4, 0.5) is 8.78 Å². The number of hydrogen-bond acceptors (Lipinski definition) is 4. The largest absolute Gasteiger partial charge is 0.480 e. The third kappa shape index (κ3) is 2.07. The van der Waals surface area contributed by atoms with Crippen molar-refractivity contribution in [2.75, 3.05) is 7.11 Å². The first-order valence-electron chi connectivity index (χ1n) is 3.57. The average Bonchev–Trinajstić information content (AvgIpc) is 2.16. The summed E-state index contributed by atoms with van der Waals surface area (Å²) < 4.78 is 32.6. The minimum absolute atomic E-state index is 0.0364. The molecule has 1 aromatic heterocycles. The Balaban J connectivity index is 3.10. The Kier molecular flexibility index (Phi) is 3.18. The molecule has 1 rings (SSSR count). The molecule has 0 amide bonds. The van der Waals surface area contributed by atoms with Crippen molar-refractivity contribution in [1.82, 2.24) is 4.98 Å². The van der Waals surface area contributed by atoms with Gasteiger partial charge >= 0.3 is 6.61 Å². The van der Waals surface area contributed by atoms with Gasteiger partial charge < -0.3 is 9.47 Å². The predicted molar refractivity (Wildman–Crippen MR) is 42.1 cm³/mol. The summed E-state index contributed by atoms with van der Waals surface area (Å²) in [6.45, 7) is -2.98. The van der Waals surface area contributed by atoms with Crippen molar-refractivity contribution in [1.29, 1.82) is 5.26 Å². The summed E-state index contributed by atoms with van der Waals surface area (Å²) >= 11 is 0. The van der Waals surface area contributed by atoms with Crippen LogP contribution in [-0.2, 0) is 0 Å². The number of halogens is 2. The van der Waals surface area contributed by atoms with E-state index in [-0.39, 0.29) is 17.2 Å². The molecule has 0 unspecified atom stereocenters. The van der Waals surface area contributed by atoms with Gasteiger partial charge in [-0.1, -0.05) is 0 Å². The van der Waals surface area contributed by atoms with E-state index in [0.29, 0.717) is 0 Å². The van der Waals surface area contributed by atoms with Crippen LogP contribution in [0.1, 0.15) is 5.56 Å². The molecule has 0 bridgehead atoms. The number of alkyl halides is 2. The molecule has 14 heavy (non-hydrogen) atoms. The standard InChI is InChI=1S/C8H6F2N2O2/c1-13-7-5(4-11)6(2-3-12-7)14-8(9)10/h2-3,8H,1H3. The van der Waals surface area contributed by atoms with Crippen LogP contribution in [-0.4, -0.2) is 18.7 Å². The molecule has 1 heterocycles. The molecule has 1 aromatic rings. The first-order valence-corrected chi connectivity index (χ1v) is 3.57. The molecule has 0 aliphatic heterocycles. The quantitative estimate of drug-likeness (QED) is 0.742. The first kappa shape index (κ1) is 10.2. The van der Waals surface area contributed by atoms with Gasteiger partial charge in [-0.25, -0.2) is 4.98 Å². The summed E-state index contributed by atoms with van der Waals surface area (Å²) in [7, 11) is 1.29. The highest BCUT2D eigenvalue weighted by molar-refractivity contribution is 5.48. The zero-order valence-electron chi connectivity index (χ0n) is 7.20. The van der Waals surface area contributed by atoms with E-state index in [1.54, 1.807) is 6.07 Å². The topological polar surface area (TPSA) is 55.1 Å². The van der Waals surface area contributed by atoms with E-state index < -0.39 is 6.61 Å². The molecule has 0 N–H and O–H groups in total. The summed E-state index contributed by atoms with van der Waals surface area (Å²) in [5.74, 6) is -0.278. The van der Waals surface area contributed by atoms with Gasteiger partial charge in [0, 0.05) is 12.3 Å². The molecule has 0 aliphatic carbocycles. The molecule has 6 heteroatoms. The van der Waals surface area contributed by atoms with E-state index in [4.69, 9.17) is 10.00 Å². The second kappa shape index (κ2) is 4.37. The minimum atomic E-state index is -2.98. The lowest BCUT2D eigenvalue weighted by Crippen LogP contribution is -2.04. The molecule has 0 atom stereocenters. The van der Waals surface area contributed by atoms with Crippen LogP contribution in [0.25, 0.3) is 0 Å². The molecular weight excluding hydrogens is 194 g/mol. The number of methoxy groups -OCH3 is 1. The summed E-state index contributed by atoms with van der Waals surface area (Å²) in [6.07, 6.45) is 1.22. The van der Waals surface area contributed by atoms with Crippen molar-refractivity contribution >= 4 is 0 Å². The van der Waals surface area contributed by atoms with E-state index in [2.05, 4.69) is 9.72 Å². The van der Waals surface area contributed by atoms with Crippen LogP contribution < -0.4 is 9.47 Å². The molecule has 0 saturated carbocycles. The van der Waals surface area contributed by atoms with Crippen LogP contribution in [0.5, 0.6) is 11.6 Å². The van der Waals surface area contributed by atoms with Gasteiger partial charge in [0.1, 0.15) is 6.07 Å². The lowest BCUT2D eigenvalue weighted by molar-refractivity contribution is -0.0501. The fourth-order valence-electron chi connectivity index (χ4n) is 0.878. The Labute approximate surface area is 78.7 Å². The normalized spacial score (nSPS) is 9.64. The van der Waals surface area contributed by atoms with Crippen molar-refractivity contribution in [2.24, 2.45) is 0 Å². The van der Waals surface area contributed by atoms with Crippen molar-refractivity contribution in [2.45, 2.75) is 6.61 Å². The molecule has 0 spiro atoms. The number of nitriles is 1. The van der Waals surface area contributed by atoms with E-state index in [9.17, 15) is 8.78 Å². The van der Waals surface area contributed by atoms with Gasteiger partial charge in [-0.05, 0) is 0 Å². The lowest BCUT2D eigenvalue weighted by atomic mass is 10.2. The molecule has 0 aliphatic rings. The van der Waals surface area contributed by atoms with Crippen LogP contribution >= 0.6 is 0 Å². The van der Waals surface area contributed by atoms with Crippen molar-refractivity contribution in [3.63, 3.8) is 0 Å². The van der Waals surface area contributed by atoms with Crippen molar-refractivity contribution in [3.8, 4) is 17.7 Å². The van der Waals surface area contributed by atoms with Crippen LogP contribution in [0.2, 0.25) is 0 Å². The lowest BCUT2D eigenvalue weighted by Gasteiger charge is -2.07. The van der Waals surface area contributed by atoms with Crippen LogP contribution in [0, 0.1) is 11.3 Å². The zero-order chi connectivity index (χ0) is 10.6. The second-order valence-electron chi connectivity index (χ2n) is 2.18. The average molecular weight is 200 g/mol. The Hall–Kier alpha value is -1.90. The molecule has 0 aromatic carbocycles. The van der Waals surface area contributed by atoms with E-state index in [0.717, 1.165) is 0 Å². The van der Waals surface area contributed by atoms with Crippen molar-refractivity contribution < 1.29 is 18.3 Å². The highest BCUT2D eigenvalue weighted by Crippen LogP contribution is 2.25. The van der Waals surface area contributed by atoms with Gasteiger partial charge in [0.05, 0.1) is 7.11 Å². The monoisotopic (exact) mass is 200 g/mol. The number of pyridine rings is 1. The maximum absolute atomic E-state index is 11.9. The number of rotatable bonds is 3. The summed E-state index contributed by atoms with van der Waals surface area (Å²) in [6, 6.07) is 2.85. The van der Waals surface area contributed by atoms with Gasteiger partial charge in [-0.2, -0.15) is 14.0 Å². The second-order valence-corrected chi connectivity index (χ2v) is 2.18. The highest BCUT2D eigenvalue weighted by Gasteiger charge is 2.14. The first-order chi connectivity index (χ1) is 6.69. The number of hydrogen-bond donors (Lipinski definition) is 0. The molecule has 0 radical (unpaired) electrons. The minimum Gasteiger partial charge on any atom is -0.480 e. The molecule has 0 fully saturated rings. The van der Waals surface area contributed by atoms with Gasteiger partial charge in [0.15, 0.2) is 11.3 Å². The van der Waals surface area contributed by atoms with E-state index >= 15 is 0 Å². The number of ether oxygens (including phenoxy) is 2. The van der Waals surface area contributed by atoms with E-state index in [1.807, 2.05) is 0 Å². The maximum Gasteiger partial charge on any atom is 0.387 e. The van der Waals surface area contributed by atoms with Gasteiger partial charge in [-0.3, -0.25) is 0 Å². The Morgan fingerprint density at radius 3 is 2.79 bits per heavy atom. The van der Waals surface area contributed by atoms with Crippen LogP contribution in [0.3, 0.4) is 0 Å². The SMILES string of the molecule is COc1nccc(OC(F)F)c1C#N. The third-order valence-electron chi connectivity index (χ3n) is 1.40. The van der Waals surface area contributed by atoms with E-state index in [1.165, 1.54) is 19.4 Å². The molecular formula is C8H6F2N2O2. The van der Waals surface area contributed by atoms with Gasteiger partial charge in [0.25, 0.3) is 0 Å². The zero-order valence-corrected chi connectivity index (χ0v) is 7.20. The Morgan fingerprint density at radius 1 is 1.57 bits per heavy atom. The van der Waals surface area contributed by atoms with Crippen LogP contribution in [0.15, 0.2) is 12.3 Å². The third-order valence-corrected chi connectivity index (χ3v) is 1.40. The molecule has 4 nitrogen and oxygen atoms in total. The summed E-state index contributed by atoms with van der Waals surface area (Å²) in [5.41, 5.74) is -0.143. The van der Waals surface area contributed by atoms with Gasteiger partial charge in [0.2, 0.25) is 5.88 Å². The predicted octanol–water partition coefficient (Wildman–Crippen LogP) is 1.56. The summed E-state index contributed by atoms with van der Waals surface area (Å²) in [5, 5.41) is 8.65. The fourth-order valence-corrected chi connectivity index (χ4v) is 0.878. The molecule has 0 saturated heterocycles. The fraction of sp³-hybridized carbons (Fsp3) is 0.250. The van der Waals surface area contributed by atoms with Crippen molar-refractivity contribution in [3.05, 3.63) is 17.8 Å². The Bertz CT molecular complexity index is 363. The highest BCUT2D eigenvalue weighted by atomic mass is 19.3. The number of aromatic nitrogens is 1. The number of nitrogens with zero attached hydrogens (tertiary/aromatic N) is 2. The summed E-state index contributed by atoms with van der Waals surface area (Å²) in [4.78, 5) is 3.67. The Morgan fingerprint density at radius 2 is 2.29 bits per heavy atom. The van der Waals surface area contributed by atoms with Gasteiger partial charge in [-0.15, -0.1) is 0 Å². The molecule has 74 valence electrons. The smallest absolute Gasteiger partial charge is 0.387 e.